The summed E-state index contributed by atoms with van der Waals surface area (Å²) in [5.41, 5.74) is 0.633. The van der Waals surface area contributed by atoms with Gasteiger partial charge in [0.2, 0.25) is 0 Å². The molecular weight excluding hydrogens is 262 g/mol. The summed E-state index contributed by atoms with van der Waals surface area (Å²) in [7, 11) is 0. The second-order valence-corrected chi connectivity index (χ2v) is 5.82. The first-order valence-corrected chi connectivity index (χ1v) is 7.59. The van der Waals surface area contributed by atoms with Gasteiger partial charge in [0.05, 0.1) is 12.0 Å². The first-order valence-electron chi connectivity index (χ1n) is 6.64. The van der Waals surface area contributed by atoms with Crippen molar-refractivity contribution < 1.29 is 14.7 Å². The number of thiophene rings is 1. The molecule has 0 amide bonds. The Bertz CT molecular complexity index is 438. The van der Waals surface area contributed by atoms with E-state index in [0.29, 0.717) is 5.56 Å². The molecule has 1 aromatic rings. The molecule has 5 heteroatoms. The predicted octanol–water partition coefficient (Wildman–Crippen LogP) is 2.51. The maximum absolute atomic E-state index is 12.6. The molecule has 1 aromatic heterocycles. The van der Waals surface area contributed by atoms with Crippen LogP contribution in [0, 0.1) is 5.92 Å². The Morgan fingerprint density at radius 3 is 2.53 bits per heavy atom. The van der Waals surface area contributed by atoms with Gasteiger partial charge in [-0.25, -0.2) is 0 Å². The van der Waals surface area contributed by atoms with Crippen LogP contribution in [0.4, 0.5) is 0 Å². The van der Waals surface area contributed by atoms with E-state index >= 15 is 0 Å². The van der Waals surface area contributed by atoms with E-state index in [0.717, 1.165) is 32.4 Å². The fourth-order valence-corrected chi connectivity index (χ4v) is 3.26. The van der Waals surface area contributed by atoms with Crippen LogP contribution in [0.3, 0.4) is 0 Å². The lowest BCUT2D eigenvalue weighted by molar-refractivity contribution is -0.143. The zero-order chi connectivity index (χ0) is 13.8. The number of hydrogen-bond acceptors (Lipinski definition) is 4. The van der Waals surface area contributed by atoms with Crippen LogP contribution in [0.5, 0.6) is 0 Å². The first kappa shape index (κ1) is 14.2. The summed E-state index contributed by atoms with van der Waals surface area (Å²) in [5.74, 6) is -1.64. The Hall–Kier alpha value is -1.20. The number of carboxylic acids is 1. The van der Waals surface area contributed by atoms with Crippen LogP contribution in [0.15, 0.2) is 16.8 Å². The quantitative estimate of drug-likeness (QED) is 0.843. The third-order valence-corrected chi connectivity index (χ3v) is 4.40. The van der Waals surface area contributed by atoms with Crippen molar-refractivity contribution in [2.45, 2.75) is 32.2 Å². The zero-order valence-electron chi connectivity index (χ0n) is 11.0. The molecule has 2 rings (SSSR count). The maximum Gasteiger partial charge on any atom is 0.308 e. The fourth-order valence-electron chi connectivity index (χ4n) is 2.62. The summed E-state index contributed by atoms with van der Waals surface area (Å²) in [5, 5.41) is 12.9. The number of ketones is 1. The second-order valence-electron chi connectivity index (χ2n) is 5.04. The summed E-state index contributed by atoms with van der Waals surface area (Å²) in [6, 6.07) is 1.24. The van der Waals surface area contributed by atoms with Gasteiger partial charge in [-0.1, -0.05) is 6.42 Å². The predicted molar refractivity (Wildman–Crippen MR) is 74.7 cm³/mol. The van der Waals surface area contributed by atoms with Crippen molar-refractivity contribution in [2.75, 3.05) is 13.1 Å². The number of hydrogen-bond donors (Lipinski definition) is 1. The van der Waals surface area contributed by atoms with E-state index in [1.54, 1.807) is 18.4 Å². The normalized spacial score (nSPS) is 19.8. The number of carbonyl (C=O) groups is 2. The van der Waals surface area contributed by atoms with Crippen molar-refractivity contribution in [3.8, 4) is 0 Å². The van der Waals surface area contributed by atoms with Crippen LogP contribution in [-0.4, -0.2) is 40.9 Å². The highest BCUT2D eigenvalue weighted by Gasteiger charge is 2.36. The van der Waals surface area contributed by atoms with Gasteiger partial charge in [0.1, 0.15) is 0 Å². The van der Waals surface area contributed by atoms with Crippen molar-refractivity contribution in [1.29, 1.82) is 0 Å². The van der Waals surface area contributed by atoms with Gasteiger partial charge in [0, 0.05) is 10.9 Å². The Kier molecular flexibility index (Phi) is 4.71. The van der Waals surface area contributed by atoms with E-state index < -0.39 is 17.9 Å². The Morgan fingerprint density at radius 2 is 2.00 bits per heavy atom. The molecule has 1 aliphatic heterocycles. The summed E-state index contributed by atoms with van der Waals surface area (Å²) in [4.78, 5) is 25.9. The minimum Gasteiger partial charge on any atom is -0.481 e. The maximum atomic E-state index is 12.6. The Morgan fingerprint density at radius 1 is 1.32 bits per heavy atom. The largest absolute Gasteiger partial charge is 0.481 e. The van der Waals surface area contributed by atoms with Crippen LogP contribution in [0.25, 0.3) is 0 Å². The van der Waals surface area contributed by atoms with Crippen molar-refractivity contribution >= 4 is 23.1 Å². The summed E-state index contributed by atoms with van der Waals surface area (Å²) in [6.07, 6.45) is 3.25. The van der Waals surface area contributed by atoms with Crippen LogP contribution in [-0.2, 0) is 4.79 Å². The van der Waals surface area contributed by atoms with E-state index in [2.05, 4.69) is 0 Å². The Labute approximate surface area is 117 Å². The highest BCUT2D eigenvalue weighted by Crippen LogP contribution is 2.22. The number of piperidine rings is 1. The van der Waals surface area contributed by atoms with E-state index in [-0.39, 0.29) is 5.78 Å². The molecule has 19 heavy (non-hydrogen) atoms. The van der Waals surface area contributed by atoms with Crippen LogP contribution in [0.1, 0.15) is 36.5 Å². The average Bonchev–Trinajstić information content (AvgIpc) is 2.93. The molecule has 4 nitrogen and oxygen atoms in total. The average molecular weight is 281 g/mol. The van der Waals surface area contributed by atoms with Crippen LogP contribution in [0.2, 0.25) is 0 Å². The van der Waals surface area contributed by atoms with Gasteiger partial charge in [-0.05, 0) is 44.3 Å². The molecule has 0 saturated carbocycles. The Balaban J connectivity index is 2.22. The van der Waals surface area contributed by atoms with Gasteiger partial charge >= 0.3 is 5.97 Å². The first-order chi connectivity index (χ1) is 9.11. The van der Waals surface area contributed by atoms with Crippen LogP contribution >= 0.6 is 11.3 Å². The van der Waals surface area contributed by atoms with Gasteiger partial charge in [0.15, 0.2) is 5.78 Å². The molecule has 0 aromatic carbocycles. The van der Waals surface area contributed by atoms with Gasteiger partial charge in [-0.3, -0.25) is 14.5 Å². The molecule has 1 N–H and O–H groups in total. The van der Waals surface area contributed by atoms with E-state index in [1.807, 2.05) is 10.3 Å². The molecule has 2 unspecified atom stereocenters. The lowest BCUT2D eigenvalue weighted by atomic mass is 9.91. The summed E-state index contributed by atoms with van der Waals surface area (Å²) < 4.78 is 0. The van der Waals surface area contributed by atoms with Gasteiger partial charge in [-0.15, -0.1) is 0 Å². The second kappa shape index (κ2) is 6.30. The van der Waals surface area contributed by atoms with Crippen molar-refractivity contribution in [2.24, 2.45) is 5.92 Å². The molecule has 1 saturated heterocycles. The summed E-state index contributed by atoms with van der Waals surface area (Å²) in [6.45, 7) is 3.27. The number of likely N-dealkylation sites (tertiary alicyclic amines) is 1. The summed E-state index contributed by atoms with van der Waals surface area (Å²) >= 11 is 1.47. The molecular formula is C14H19NO3S. The van der Waals surface area contributed by atoms with Gasteiger partial charge in [0.25, 0.3) is 0 Å². The van der Waals surface area contributed by atoms with Gasteiger partial charge < -0.3 is 5.11 Å². The van der Waals surface area contributed by atoms with E-state index in [1.165, 1.54) is 11.3 Å². The fraction of sp³-hybridized carbons (Fsp3) is 0.571. The molecule has 1 fully saturated rings. The highest BCUT2D eigenvalue weighted by molar-refractivity contribution is 7.08. The molecule has 1 aliphatic rings. The number of aliphatic carboxylic acids is 1. The highest BCUT2D eigenvalue weighted by atomic mass is 32.1. The topological polar surface area (TPSA) is 57.6 Å². The molecule has 0 spiro atoms. The lowest BCUT2D eigenvalue weighted by Crippen LogP contribution is -2.49. The number of Topliss-reactive ketones (excluding diaryl/α,β-unsaturated/α-hetero) is 1. The molecule has 0 aliphatic carbocycles. The number of nitrogens with zero attached hydrogens (tertiary/aromatic N) is 1. The van der Waals surface area contributed by atoms with Gasteiger partial charge in [-0.2, -0.15) is 11.3 Å². The van der Waals surface area contributed by atoms with Crippen LogP contribution < -0.4 is 0 Å². The van der Waals surface area contributed by atoms with E-state index in [9.17, 15) is 14.7 Å². The SMILES string of the molecule is CC(C(=O)O)C(C(=O)c1ccsc1)N1CCCCC1. The van der Waals surface area contributed by atoms with E-state index in [4.69, 9.17) is 0 Å². The van der Waals surface area contributed by atoms with Crippen molar-refractivity contribution in [3.05, 3.63) is 22.4 Å². The molecule has 0 bridgehead atoms. The minimum atomic E-state index is -0.904. The molecule has 0 radical (unpaired) electrons. The zero-order valence-corrected chi connectivity index (χ0v) is 11.9. The molecule has 2 atom stereocenters. The molecule has 104 valence electrons. The third kappa shape index (κ3) is 3.22. The number of rotatable bonds is 5. The number of carbonyl (C=O) groups excluding carboxylic acids is 1. The third-order valence-electron chi connectivity index (χ3n) is 3.72. The van der Waals surface area contributed by atoms with Crippen molar-refractivity contribution in [1.82, 2.24) is 4.90 Å². The smallest absolute Gasteiger partial charge is 0.308 e. The molecule has 2 heterocycles. The standard InChI is InChI=1S/C14H19NO3S/c1-10(14(17)18)12(15-6-3-2-4-7-15)13(16)11-5-8-19-9-11/h5,8-10,12H,2-4,6-7H2,1H3,(H,17,18). The minimum absolute atomic E-state index is 0.0574. The lowest BCUT2D eigenvalue weighted by Gasteiger charge is -2.35. The monoisotopic (exact) mass is 281 g/mol. The number of carboxylic acid groups (broad SMARTS) is 1. The van der Waals surface area contributed by atoms with Crippen molar-refractivity contribution in [3.63, 3.8) is 0 Å².